The summed E-state index contributed by atoms with van der Waals surface area (Å²) in [6, 6.07) is 8.73. The van der Waals surface area contributed by atoms with Crippen LogP contribution in [-0.4, -0.2) is 40.5 Å². The molecule has 1 spiro atoms. The van der Waals surface area contributed by atoms with Gasteiger partial charge in [-0.3, -0.25) is 9.69 Å². The number of hydrogen-bond donors (Lipinski definition) is 1. The normalized spacial score (nSPS) is 23.8. The maximum absolute atomic E-state index is 12.7. The number of benzene rings is 1. The molecule has 5 nitrogen and oxygen atoms in total. The van der Waals surface area contributed by atoms with Crippen molar-refractivity contribution >= 4 is 17.2 Å². The zero-order valence-electron chi connectivity index (χ0n) is 16.8. The lowest BCUT2D eigenvalue weighted by atomic mass is 9.76. The zero-order chi connectivity index (χ0) is 19.7. The SMILES string of the molecule is O=C(CC1CC2(CCN(Cc3nccs3)CC2)Oc2ccccc21)NC1CCC1. The van der Waals surface area contributed by atoms with Crippen molar-refractivity contribution in [1.29, 1.82) is 0 Å². The van der Waals surface area contributed by atoms with E-state index in [1.807, 2.05) is 17.6 Å². The van der Waals surface area contributed by atoms with Crippen LogP contribution in [0.25, 0.3) is 0 Å². The van der Waals surface area contributed by atoms with Crippen LogP contribution < -0.4 is 10.1 Å². The van der Waals surface area contributed by atoms with Gasteiger partial charge in [0.25, 0.3) is 0 Å². The number of piperidine rings is 1. The molecule has 1 saturated heterocycles. The second-order valence-corrected chi connectivity index (χ2v) is 9.80. The van der Waals surface area contributed by atoms with E-state index >= 15 is 0 Å². The lowest BCUT2D eigenvalue weighted by molar-refractivity contribution is -0.123. The van der Waals surface area contributed by atoms with Crippen LogP contribution in [-0.2, 0) is 11.3 Å². The standard InChI is InChI=1S/C23H29N3O2S/c27-21(25-18-4-3-5-18)14-17-15-23(28-20-7-2-1-6-19(17)20)8-11-26(12-9-23)16-22-24-10-13-29-22/h1-2,6-7,10,13,17-18H,3-5,8-9,11-12,14-16H2,(H,25,27). The lowest BCUT2D eigenvalue weighted by Gasteiger charge is -2.47. The maximum atomic E-state index is 12.7. The fraction of sp³-hybridized carbons (Fsp3) is 0.565. The second-order valence-electron chi connectivity index (χ2n) is 8.83. The van der Waals surface area contributed by atoms with Gasteiger partial charge in [-0.25, -0.2) is 4.98 Å². The van der Waals surface area contributed by atoms with Crippen LogP contribution in [0.1, 0.15) is 61.4 Å². The number of likely N-dealkylation sites (tertiary alicyclic amines) is 1. The van der Waals surface area contributed by atoms with Crippen LogP contribution in [0.2, 0.25) is 0 Å². The molecule has 154 valence electrons. The number of rotatable bonds is 5. The van der Waals surface area contributed by atoms with Crippen LogP contribution in [0.15, 0.2) is 35.8 Å². The molecule has 2 aromatic rings. The Labute approximate surface area is 176 Å². The van der Waals surface area contributed by atoms with Crippen molar-refractivity contribution < 1.29 is 9.53 Å². The molecular formula is C23H29N3O2S. The van der Waals surface area contributed by atoms with Crippen molar-refractivity contribution in [3.63, 3.8) is 0 Å². The fourth-order valence-electron chi connectivity index (χ4n) is 4.94. The minimum Gasteiger partial charge on any atom is -0.487 e. The smallest absolute Gasteiger partial charge is 0.220 e. The van der Waals surface area contributed by atoms with Gasteiger partial charge in [0, 0.05) is 43.0 Å². The van der Waals surface area contributed by atoms with Gasteiger partial charge in [0.05, 0.1) is 6.54 Å². The first-order valence-electron chi connectivity index (χ1n) is 10.9. The van der Waals surface area contributed by atoms with Gasteiger partial charge in [-0.05, 0) is 50.2 Å². The highest BCUT2D eigenvalue weighted by atomic mass is 32.1. The monoisotopic (exact) mass is 411 g/mol. The Morgan fingerprint density at radius 3 is 2.83 bits per heavy atom. The molecule has 1 unspecified atom stereocenters. The number of thiazole rings is 1. The molecule has 2 aliphatic heterocycles. The highest BCUT2D eigenvalue weighted by Crippen LogP contribution is 2.46. The first kappa shape index (κ1) is 19.1. The molecule has 1 N–H and O–H groups in total. The van der Waals surface area contributed by atoms with E-state index in [-0.39, 0.29) is 17.4 Å². The van der Waals surface area contributed by atoms with Gasteiger partial charge in [-0.15, -0.1) is 11.3 Å². The van der Waals surface area contributed by atoms with E-state index in [1.165, 1.54) is 17.0 Å². The lowest BCUT2D eigenvalue weighted by Crippen LogP contribution is -2.50. The number of nitrogens with one attached hydrogen (secondary N) is 1. The van der Waals surface area contributed by atoms with E-state index in [0.717, 1.165) is 57.5 Å². The molecule has 1 aromatic heterocycles. The molecule has 0 radical (unpaired) electrons. The summed E-state index contributed by atoms with van der Waals surface area (Å²) >= 11 is 1.72. The maximum Gasteiger partial charge on any atom is 0.220 e. The summed E-state index contributed by atoms with van der Waals surface area (Å²) in [5, 5.41) is 6.45. The van der Waals surface area contributed by atoms with Crippen LogP contribution >= 0.6 is 11.3 Å². The molecular weight excluding hydrogens is 382 g/mol. The second kappa shape index (κ2) is 8.07. The predicted octanol–water partition coefficient (Wildman–Crippen LogP) is 4.10. The minimum absolute atomic E-state index is 0.144. The van der Waals surface area contributed by atoms with E-state index in [1.54, 1.807) is 11.3 Å². The number of amides is 1. The quantitative estimate of drug-likeness (QED) is 0.805. The first-order valence-corrected chi connectivity index (χ1v) is 11.8. The Balaban J connectivity index is 1.27. The number of para-hydroxylation sites is 1. The molecule has 0 bridgehead atoms. The largest absolute Gasteiger partial charge is 0.487 e. The number of carbonyl (C=O) groups excluding carboxylic acids is 1. The van der Waals surface area contributed by atoms with Gasteiger partial charge >= 0.3 is 0 Å². The molecule has 29 heavy (non-hydrogen) atoms. The highest BCUT2D eigenvalue weighted by molar-refractivity contribution is 7.09. The number of nitrogens with zero attached hydrogens (tertiary/aromatic N) is 2. The topological polar surface area (TPSA) is 54.5 Å². The Kier molecular flexibility index (Phi) is 5.31. The summed E-state index contributed by atoms with van der Waals surface area (Å²) in [6.45, 7) is 2.96. The average Bonchev–Trinajstić information content (AvgIpc) is 3.20. The highest BCUT2D eigenvalue weighted by Gasteiger charge is 2.43. The zero-order valence-corrected chi connectivity index (χ0v) is 17.6. The summed E-state index contributed by atoms with van der Waals surface area (Å²) in [5.41, 5.74) is 1.06. The van der Waals surface area contributed by atoms with E-state index in [2.05, 4.69) is 33.4 Å². The van der Waals surface area contributed by atoms with Crippen LogP contribution in [0, 0.1) is 0 Å². The van der Waals surface area contributed by atoms with Crippen molar-refractivity contribution in [2.24, 2.45) is 0 Å². The fourth-order valence-corrected chi connectivity index (χ4v) is 5.59. The van der Waals surface area contributed by atoms with E-state index in [9.17, 15) is 4.79 Å². The Hall–Kier alpha value is -1.92. The average molecular weight is 412 g/mol. The number of aromatic nitrogens is 1. The van der Waals surface area contributed by atoms with Crippen molar-refractivity contribution in [3.05, 3.63) is 46.4 Å². The summed E-state index contributed by atoms with van der Waals surface area (Å²) < 4.78 is 6.60. The summed E-state index contributed by atoms with van der Waals surface area (Å²) in [7, 11) is 0. The number of hydrogen-bond acceptors (Lipinski definition) is 5. The van der Waals surface area contributed by atoms with E-state index < -0.39 is 0 Å². The van der Waals surface area contributed by atoms with E-state index in [4.69, 9.17) is 4.74 Å². The third-order valence-corrected chi connectivity index (χ3v) is 7.58. The summed E-state index contributed by atoms with van der Waals surface area (Å²) in [4.78, 5) is 19.6. The third kappa shape index (κ3) is 4.19. The van der Waals surface area contributed by atoms with Crippen LogP contribution in [0.5, 0.6) is 5.75 Å². The Morgan fingerprint density at radius 2 is 2.10 bits per heavy atom. The molecule has 1 saturated carbocycles. The van der Waals surface area contributed by atoms with Crippen molar-refractivity contribution in [3.8, 4) is 5.75 Å². The molecule has 5 rings (SSSR count). The van der Waals surface area contributed by atoms with Gasteiger partial charge < -0.3 is 10.1 Å². The summed E-state index contributed by atoms with van der Waals surface area (Å²) in [6.07, 6.45) is 8.91. The molecule has 3 aliphatic rings. The number of ether oxygens (including phenoxy) is 1. The summed E-state index contributed by atoms with van der Waals surface area (Å²) in [5.74, 6) is 1.42. The van der Waals surface area contributed by atoms with Gasteiger partial charge in [-0.1, -0.05) is 18.2 Å². The molecule has 1 aromatic carbocycles. The predicted molar refractivity (Wildman–Crippen MR) is 114 cm³/mol. The van der Waals surface area contributed by atoms with Gasteiger partial charge in [0.1, 0.15) is 16.4 Å². The van der Waals surface area contributed by atoms with Gasteiger partial charge in [0.2, 0.25) is 5.91 Å². The Morgan fingerprint density at radius 1 is 1.28 bits per heavy atom. The van der Waals surface area contributed by atoms with E-state index in [0.29, 0.717) is 12.5 Å². The number of fused-ring (bicyclic) bond motifs is 1. The molecule has 1 aliphatic carbocycles. The molecule has 1 amide bonds. The van der Waals surface area contributed by atoms with Crippen molar-refractivity contribution in [1.82, 2.24) is 15.2 Å². The van der Waals surface area contributed by atoms with Gasteiger partial charge in [-0.2, -0.15) is 0 Å². The molecule has 1 atom stereocenters. The third-order valence-electron chi connectivity index (χ3n) is 6.82. The minimum atomic E-state index is -0.144. The van der Waals surface area contributed by atoms with Gasteiger partial charge in [0.15, 0.2) is 0 Å². The molecule has 6 heteroatoms. The van der Waals surface area contributed by atoms with Crippen molar-refractivity contribution in [2.75, 3.05) is 13.1 Å². The number of carbonyl (C=O) groups is 1. The Bertz CT molecular complexity index is 842. The van der Waals surface area contributed by atoms with Crippen molar-refractivity contribution in [2.45, 2.75) is 69.1 Å². The molecule has 3 heterocycles. The first-order chi connectivity index (χ1) is 14.2. The molecule has 2 fully saturated rings. The van der Waals surface area contributed by atoms with Crippen LogP contribution in [0.3, 0.4) is 0 Å². The van der Waals surface area contributed by atoms with Crippen LogP contribution in [0.4, 0.5) is 0 Å².